The summed E-state index contributed by atoms with van der Waals surface area (Å²) in [6, 6.07) is 15.7. The molecule has 0 radical (unpaired) electrons. The zero-order valence-corrected chi connectivity index (χ0v) is 13.4. The summed E-state index contributed by atoms with van der Waals surface area (Å²) in [6.07, 6.45) is 1.56. The van der Waals surface area contributed by atoms with Crippen molar-refractivity contribution in [3.8, 4) is 0 Å². The number of hydrogen-bond acceptors (Lipinski definition) is 5. The fourth-order valence-corrected chi connectivity index (χ4v) is 2.33. The number of aryl methyl sites for hydroxylation is 1. The number of nitrogens with one attached hydrogen (secondary N) is 2. The Hall–Kier alpha value is -2.66. The van der Waals surface area contributed by atoms with E-state index >= 15 is 0 Å². The van der Waals surface area contributed by atoms with Gasteiger partial charge in [-0.05, 0) is 24.6 Å². The third-order valence-electron chi connectivity index (χ3n) is 3.23. The number of para-hydroxylation sites is 1. The SMILES string of the molecule is Cc1cccc(CNc2nncc(Nc3ccccc3Cl)n2)c1. The summed E-state index contributed by atoms with van der Waals surface area (Å²) in [6.45, 7) is 2.70. The Labute approximate surface area is 139 Å². The van der Waals surface area contributed by atoms with Crippen molar-refractivity contribution in [3.63, 3.8) is 0 Å². The molecule has 3 aromatic rings. The molecular formula is C17H16ClN5. The van der Waals surface area contributed by atoms with Crippen LogP contribution in [0.5, 0.6) is 0 Å². The van der Waals surface area contributed by atoms with Crippen molar-refractivity contribution >= 4 is 29.1 Å². The highest BCUT2D eigenvalue weighted by Crippen LogP contribution is 2.23. The minimum absolute atomic E-state index is 0.462. The molecule has 0 bridgehead atoms. The van der Waals surface area contributed by atoms with E-state index in [4.69, 9.17) is 11.6 Å². The lowest BCUT2D eigenvalue weighted by Gasteiger charge is -2.09. The standard InChI is InChI=1S/C17H16ClN5/c1-12-5-4-6-13(9-12)10-19-17-22-16(11-20-23-17)21-15-8-3-2-7-14(15)18/h2-9,11H,10H2,1H3,(H2,19,21,22,23). The highest BCUT2D eigenvalue weighted by atomic mass is 35.5. The largest absolute Gasteiger partial charge is 0.349 e. The lowest BCUT2D eigenvalue weighted by atomic mass is 10.1. The lowest BCUT2D eigenvalue weighted by Crippen LogP contribution is -2.06. The van der Waals surface area contributed by atoms with Crippen LogP contribution in [0.15, 0.2) is 54.7 Å². The lowest BCUT2D eigenvalue weighted by molar-refractivity contribution is 0.948. The molecule has 0 saturated heterocycles. The molecule has 2 aromatic carbocycles. The van der Waals surface area contributed by atoms with Gasteiger partial charge in [0.25, 0.3) is 0 Å². The first kappa shape index (κ1) is 15.2. The molecule has 0 unspecified atom stereocenters. The molecule has 0 saturated carbocycles. The number of aromatic nitrogens is 3. The van der Waals surface area contributed by atoms with Crippen molar-refractivity contribution in [2.24, 2.45) is 0 Å². The van der Waals surface area contributed by atoms with Crippen molar-refractivity contribution < 1.29 is 0 Å². The Morgan fingerprint density at radius 2 is 1.96 bits per heavy atom. The van der Waals surface area contributed by atoms with E-state index in [1.165, 1.54) is 5.56 Å². The van der Waals surface area contributed by atoms with Crippen LogP contribution in [0.1, 0.15) is 11.1 Å². The van der Waals surface area contributed by atoms with Crippen LogP contribution >= 0.6 is 11.6 Å². The first-order chi connectivity index (χ1) is 11.2. The molecular weight excluding hydrogens is 310 g/mol. The second kappa shape index (κ2) is 7.07. The van der Waals surface area contributed by atoms with Crippen molar-refractivity contribution in [1.29, 1.82) is 0 Å². The van der Waals surface area contributed by atoms with Gasteiger partial charge in [0.1, 0.15) is 0 Å². The van der Waals surface area contributed by atoms with Gasteiger partial charge >= 0.3 is 0 Å². The first-order valence-corrected chi connectivity index (χ1v) is 7.59. The van der Waals surface area contributed by atoms with Gasteiger partial charge in [-0.1, -0.05) is 53.6 Å². The fraction of sp³-hybridized carbons (Fsp3) is 0.118. The third kappa shape index (κ3) is 4.17. The van der Waals surface area contributed by atoms with E-state index in [0.29, 0.717) is 23.3 Å². The second-order valence-corrected chi connectivity index (χ2v) is 5.52. The zero-order valence-electron chi connectivity index (χ0n) is 12.6. The van der Waals surface area contributed by atoms with Gasteiger partial charge in [0.15, 0.2) is 5.82 Å². The number of rotatable bonds is 5. The van der Waals surface area contributed by atoms with Crippen LogP contribution in [0.3, 0.4) is 0 Å². The van der Waals surface area contributed by atoms with Crippen LogP contribution < -0.4 is 10.6 Å². The Balaban J connectivity index is 1.69. The van der Waals surface area contributed by atoms with Crippen molar-refractivity contribution in [1.82, 2.24) is 15.2 Å². The topological polar surface area (TPSA) is 62.7 Å². The van der Waals surface area contributed by atoms with Gasteiger partial charge in [0.2, 0.25) is 5.95 Å². The van der Waals surface area contributed by atoms with Crippen LogP contribution in [-0.4, -0.2) is 15.2 Å². The van der Waals surface area contributed by atoms with E-state index in [0.717, 1.165) is 11.3 Å². The smallest absolute Gasteiger partial charge is 0.244 e. The number of halogens is 1. The van der Waals surface area contributed by atoms with Gasteiger partial charge in [-0.2, -0.15) is 10.1 Å². The van der Waals surface area contributed by atoms with Gasteiger partial charge in [0, 0.05) is 6.54 Å². The fourth-order valence-electron chi connectivity index (χ4n) is 2.14. The summed E-state index contributed by atoms with van der Waals surface area (Å²) in [5.41, 5.74) is 3.16. The summed E-state index contributed by atoms with van der Waals surface area (Å²) in [4.78, 5) is 4.39. The van der Waals surface area contributed by atoms with Crippen molar-refractivity contribution in [2.45, 2.75) is 13.5 Å². The van der Waals surface area contributed by atoms with Gasteiger partial charge in [-0.15, -0.1) is 5.10 Å². The Kier molecular flexibility index (Phi) is 4.68. The summed E-state index contributed by atoms with van der Waals surface area (Å²) in [5.74, 6) is 1.04. The monoisotopic (exact) mass is 325 g/mol. The molecule has 0 aliphatic carbocycles. The highest BCUT2D eigenvalue weighted by molar-refractivity contribution is 6.33. The predicted molar refractivity (Wildman–Crippen MR) is 93.1 cm³/mol. The molecule has 0 spiro atoms. The summed E-state index contributed by atoms with van der Waals surface area (Å²) >= 11 is 6.13. The molecule has 5 nitrogen and oxygen atoms in total. The van der Waals surface area contributed by atoms with E-state index in [9.17, 15) is 0 Å². The average molecular weight is 326 g/mol. The van der Waals surface area contributed by atoms with Crippen LogP contribution in [0.4, 0.5) is 17.5 Å². The van der Waals surface area contributed by atoms with Crippen molar-refractivity contribution in [3.05, 3.63) is 70.9 Å². The van der Waals surface area contributed by atoms with Crippen molar-refractivity contribution in [2.75, 3.05) is 10.6 Å². The first-order valence-electron chi connectivity index (χ1n) is 7.21. The molecule has 0 amide bonds. The molecule has 1 heterocycles. The molecule has 0 aliphatic rings. The molecule has 116 valence electrons. The minimum Gasteiger partial charge on any atom is -0.349 e. The maximum atomic E-state index is 6.13. The highest BCUT2D eigenvalue weighted by Gasteiger charge is 2.04. The van der Waals surface area contributed by atoms with Gasteiger partial charge < -0.3 is 10.6 Å². The van der Waals surface area contributed by atoms with E-state index in [1.54, 1.807) is 6.20 Å². The van der Waals surface area contributed by atoms with E-state index < -0.39 is 0 Å². The maximum absolute atomic E-state index is 6.13. The van der Waals surface area contributed by atoms with Crippen LogP contribution in [0.25, 0.3) is 0 Å². The second-order valence-electron chi connectivity index (χ2n) is 5.11. The third-order valence-corrected chi connectivity index (χ3v) is 3.56. The molecule has 23 heavy (non-hydrogen) atoms. The van der Waals surface area contributed by atoms with Gasteiger partial charge in [-0.3, -0.25) is 0 Å². The molecule has 3 rings (SSSR count). The Bertz CT molecular complexity index is 806. The average Bonchev–Trinajstić information content (AvgIpc) is 2.56. The quantitative estimate of drug-likeness (QED) is 0.736. The number of anilines is 3. The predicted octanol–water partition coefficient (Wildman–Crippen LogP) is 4.19. The Morgan fingerprint density at radius 1 is 1.09 bits per heavy atom. The molecule has 0 fully saturated rings. The minimum atomic E-state index is 0.462. The molecule has 1 aromatic heterocycles. The molecule has 2 N–H and O–H groups in total. The van der Waals surface area contributed by atoms with E-state index in [-0.39, 0.29) is 0 Å². The van der Waals surface area contributed by atoms with E-state index in [2.05, 4.69) is 50.9 Å². The number of nitrogens with zero attached hydrogens (tertiary/aromatic N) is 3. The Morgan fingerprint density at radius 3 is 2.78 bits per heavy atom. The van der Waals surface area contributed by atoms with E-state index in [1.807, 2.05) is 30.3 Å². The molecule has 0 atom stereocenters. The van der Waals surface area contributed by atoms with Crippen LogP contribution in [0, 0.1) is 6.92 Å². The van der Waals surface area contributed by atoms with Crippen LogP contribution in [-0.2, 0) is 6.54 Å². The van der Waals surface area contributed by atoms with Crippen LogP contribution in [0.2, 0.25) is 5.02 Å². The number of hydrogen-bond donors (Lipinski definition) is 2. The summed E-state index contributed by atoms with van der Waals surface area (Å²) < 4.78 is 0. The maximum Gasteiger partial charge on any atom is 0.244 e. The molecule has 6 heteroatoms. The number of benzene rings is 2. The summed E-state index contributed by atoms with van der Waals surface area (Å²) in [5, 5.41) is 14.9. The normalized spacial score (nSPS) is 10.3. The zero-order chi connectivity index (χ0) is 16.1. The summed E-state index contributed by atoms with van der Waals surface area (Å²) in [7, 11) is 0. The molecule has 0 aliphatic heterocycles. The van der Waals surface area contributed by atoms with Gasteiger partial charge in [0.05, 0.1) is 16.9 Å². The van der Waals surface area contributed by atoms with Gasteiger partial charge in [-0.25, -0.2) is 0 Å².